The highest BCUT2D eigenvalue weighted by molar-refractivity contribution is 6.30. The first-order valence-corrected chi connectivity index (χ1v) is 12.3. The summed E-state index contributed by atoms with van der Waals surface area (Å²) in [6.07, 6.45) is 0. The number of benzene rings is 2. The molecule has 1 fully saturated rings. The van der Waals surface area contributed by atoms with E-state index in [9.17, 15) is 9.59 Å². The molecule has 0 radical (unpaired) electrons. The largest absolute Gasteiger partial charge is 0.494 e. The highest BCUT2D eigenvalue weighted by Crippen LogP contribution is 2.30. The molecule has 9 heteroatoms. The lowest BCUT2D eigenvalue weighted by Gasteiger charge is -2.38. The SMILES string of the molecule is CCOC(=O)C1=C(CN2CCN(c3ccc(Cl)cc3)CC2)NC(=O)NC1c1ccc(OCC)cc1. The Balaban J connectivity index is 1.54. The van der Waals surface area contributed by atoms with E-state index in [-0.39, 0.29) is 12.6 Å². The molecule has 2 aliphatic heterocycles. The molecule has 0 bridgehead atoms. The van der Waals surface area contributed by atoms with Crippen molar-refractivity contribution in [3.63, 3.8) is 0 Å². The summed E-state index contributed by atoms with van der Waals surface area (Å²) < 4.78 is 10.9. The zero-order valence-electron chi connectivity index (χ0n) is 20.1. The van der Waals surface area contributed by atoms with Crippen molar-refractivity contribution in [2.45, 2.75) is 19.9 Å². The highest BCUT2D eigenvalue weighted by Gasteiger charge is 2.34. The predicted molar refractivity (Wildman–Crippen MR) is 136 cm³/mol. The lowest BCUT2D eigenvalue weighted by Crippen LogP contribution is -2.51. The average Bonchev–Trinajstić information content (AvgIpc) is 2.85. The molecule has 1 atom stereocenters. The Hall–Kier alpha value is -3.23. The molecule has 186 valence electrons. The third-order valence-electron chi connectivity index (χ3n) is 6.12. The van der Waals surface area contributed by atoms with E-state index in [0.29, 0.717) is 24.4 Å². The van der Waals surface area contributed by atoms with Crippen molar-refractivity contribution in [3.8, 4) is 5.75 Å². The number of ether oxygens (including phenoxy) is 2. The van der Waals surface area contributed by atoms with E-state index >= 15 is 0 Å². The van der Waals surface area contributed by atoms with Gasteiger partial charge < -0.3 is 25.0 Å². The van der Waals surface area contributed by atoms with Gasteiger partial charge in [-0.05, 0) is 55.8 Å². The van der Waals surface area contributed by atoms with Crippen LogP contribution in [0.15, 0.2) is 59.8 Å². The Morgan fingerprint density at radius 1 is 1.00 bits per heavy atom. The van der Waals surface area contributed by atoms with E-state index in [1.54, 1.807) is 6.92 Å². The summed E-state index contributed by atoms with van der Waals surface area (Å²) in [5.41, 5.74) is 2.92. The number of anilines is 1. The minimum absolute atomic E-state index is 0.249. The summed E-state index contributed by atoms with van der Waals surface area (Å²) in [6.45, 7) is 8.20. The molecule has 1 saturated heterocycles. The summed E-state index contributed by atoms with van der Waals surface area (Å²) in [5, 5.41) is 6.47. The molecule has 1 unspecified atom stereocenters. The lowest BCUT2D eigenvalue weighted by atomic mass is 9.94. The smallest absolute Gasteiger partial charge is 0.338 e. The van der Waals surface area contributed by atoms with Gasteiger partial charge in [0.05, 0.1) is 24.8 Å². The first-order chi connectivity index (χ1) is 17.0. The molecule has 0 aliphatic carbocycles. The van der Waals surface area contributed by atoms with Gasteiger partial charge in [-0.1, -0.05) is 23.7 Å². The number of piperazine rings is 1. The average molecular weight is 499 g/mol. The molecule has 0 spiro atoms. The topological polar surface area (TPSA) is 83.1 Å². The standard InChI is InChI=1S/C26H31ClN4O4/c1-3-34-21-11-5-18(6-12-21)24-23(25(32)35-4-2)22(28-26(33)29-24)17-30-13-15-31(16-14-30)20-9-7-19(27)8-10-20/h5-12,24H,3-4,13-17H2,1-2H3,(H2,28,29,33). The van der Waals surface area contributed by atoms with Crippen LogP contribution in [-0.2, 0) is 9.53 Å². The van der Waals surface area contributed by atoms with Crippen molar-refractivity contribution in [1.82, 2.24) is 15.5 Å². The molecular weight excluding hydrogens is 468 g/mol. The number of carbonyl (C=O) groups is 2. The van der Waals surface area contributed by atoms with E-state index in [2.05, 4.69) is 20.4 Å². The molecule has 2 aliphatic rings. The van der Waals surface area contributed by atoms with Crippen LogP contribution in [0.4, 0.5) is 10.5 Å². The Morgan fingerprint density at radius 3 is 2.31 bits per heavy atom. The Morgan fingerprint density at radius 2 is 1.69 bits per heavy atom. The van der Waals surface area contributed by atoms with Crippen LogP contribution in [0, 0.1) is 0 Å². The molecule has 4 rings (SSSR count). The van der Waals surface area contributed by atoms with Gasteiger partial charge in [0.25, 0.3) is 0 Å². The van der Waals surface area contributed by atoms with Gasteiger partial charge in [0.2, 0.25) is 0 Å². The van der Waals surface area contributed by atoms with Crippen molar-refractivity contribution in [3.05, 3.63) is 70.4 Å². The molecule has 0 aromatic heterocycles. The second-order valence-electron chi connectivity index (χ2n) is 8.39. The maximum Gasteiger partial charge on any atom is 0.338 e. The van der Waals surface area contributed by atoms with Gasteiger partial charge >= 0.3 is 12.0 Å². The fourth-order valence-corrected chi connectivity index (χ4v) is 4.53. The molecule has 0 saturated carbocycles. The molecule has 2 amide bonds. The van der Waals surface area contributed by atoms with Gasteiger partial charge in [-0.25, -0.2) is 9.59 Å². The number of nitrogens with one attached hydrogen (secondary N) is 2. The van der Waals surface area contributed by atoms with Crippen molar-refractivity contribution < 1.29 is 19.1 Å². The quantitative estimate of drug-likeness (QED) is 0.540. The second-order valence-corrected chi connectivity index (χ2v) is 8.82. The summed E-state index contributed by atoms with van der Waals surface area (Å²) >= 11 is 6.02. The fourth-order valence-electron chi connectivity index (χ4n) is 4.41. The maximum absolute atomic E-state index is 13.0. The van der Waals surface area contributed by atoms with E-state index in [1.807, 2.05) is 55.5 Å². The number of hydrogen-bond acceptors (Lipinski definition) is 6. The molecular formula is C26H31ClN4O4. The maximum atomic E-state index is 13.0. The number of carbonyl (C=O) groups excluding carboxylic acids is 2. The molecule has 2 aromatic rings. The zero-order valence-corrected chi connectivity index (χ0v) is 20.8. The van der Waals surface area contributed by atoms with Gasteiger partial charge in [0.1, 0.15) is 5.75 Å². The second kappa shape index (κ2) is 11.5. The molecule has 8 nitrogen and oxygen atoms in total. The van der Waals surface area contributed by atoms with E-state index in [4.69, 9.17) is 21.1 Å². The minimum atomic E-state index is -0.608. The van der Waals surface area contributed by atoms with Crippen LogP contribution >= 0.6 is 11.6 Å². The van der Waals surface area contributed by atoms with Gasteiger partial charge in [-0.2, -0.15) is 0 Å². The number of halogens is 1. The van der Waals surface area contributed by atoms with Crippen LogP contribution in [0.3, 0.4) is 0 Å². The summed E-state index contributed by atoms with van der Waals surface area (Å²) in [5.74, 6) is 0.297. The monoisotopic (exact) mass is 498 g/mol. The normalized spacial score (nSPS) is 18.7. The molecule has 2 N–H and O–H groups in total. The van der Waals surface area contributed by atoms with Crippen LogP contribution in [0.1, 0.15) is 25.5 Å². The van der Waals surface area contributed by atoms with Crippen LogP contribution in [0.25, 0.3) is 0 Å². The first-order valence-electron chi connectivity index (χ1n) is 11.9. The van der Waals surface area contributed by atoms with Crippen molar-refractivity contribution in [1.29, 1.82) is 0 Å². The van der Waals surface area contributed by atoms with Crippen LogP contribution in [0.2, 0.25) is 5.02 Å². The summed E-state index contributed by atoms with van der Waals surface area (Å²) in [4.78, 5) is 30.2. The fraction of sp³-hybridized carbons (Fsp3) is 0.385. The molecule has 35 heavy (non-hydrogen) atoms. The Bertz CT molecular complexity index is 1060. The van der Waals surface area contributed by atoms with Crippen LogP contribution in [0.5, 0.6) is 5.75 Å². The highest BCUT2D eigenvalue weighted by atomic mass is 35.5. The third kappa shape index (κ3) is 6.07. The van der Waals surface area contributed by atoms with Gasteiger partial charge in [0, 0.05) is 49.1 Å². The minimum Gasteiger partial charge on any atom is -0.494 e. The zero-order chi connectivity index (χ0) is 24.8. The third-order valence-corrected chi connectivity index (χ3v) is 6.37. The summed E-state index contributed by atoms with van der Waals surface area (Å²) in [6, 6.07) is 14.3. The lowest BCUT2D eigenvalue weighted by molar-refractivity contribution is -0.139. The number of amides is 2. The van der Waals surface area contributed by atoms with E-state index in [0.717, 1.165) is 48.2 Å². The van der Waals surface area contributed by atoms with Crippen molar-refractivity contribution in [2.75, 3.05) is 50.8 Å². The number of hydrogen-bond donors (Lipinski definition) is 2. The number of urea groups is 1. The van der Waals surface area contributed by atoms with Gasteiger partial charge in [-0.15, -0.1) is 0 Å². The molecule has 2 aromatic carbocycles. The van der Waals surface area contributed by atoms with Crippen molar-refractivity contribution in [2.24, 2.45) is 0 Å². The van der Waals surface area contributed by atoms with Crippen molar-refractivity contribution >= 4 is 29.3 Å². The van der Waals surface area contributed by atoms with Crippen LogP contribution < -0.4 is 20.3 Å². The van der Waals surface area contributed by atoms with E-state index in [1.165, 1.54) is 0 Å². The number of nitrogens with zero attached hydrogens (tertiary/aromatic N) is 2. The van der Waals surface area contributed by atoms with E-state index < -0.39 is 12.0 Å². The summed E-state index contributed by atoms with van der Waals surface area (Å²) in [7, 11) is 0. The van der Waals surface area contributed by atoms with Gasteiger partial charge in [0.15, 0.2) is 0 Å². The first kappa shape index (κ1) is 24.9. The molecule has 2 heterocycles. The number of rotatable bonds is 8. The Labute approximate surface area is 210 Å². The Kier molecular flexibility index (Phi) is 8.15. The number of esters is 1. The van der Waals surface area contributed by atoms with Crippen LogP contribution in [-0.4, -0.2) is 62.8 Å². The van der Waals surface area contributed by atoms with Gasteiger partial charge in [-0.3, -0.25) is 4.90 Å². The predicted octanol–water partition coefficient (Wildman–Crippen LogP) is 3.73.